The van der Waals surface area contributed by atoms with Crippen LogP contribution in [0, 0.1) is 10.1 Å². The lowest BCUT2D eigenvalue weighted by molar-refractivity contribution is -0.384. The summed E-state index contributed by atoms with van der Waals surface area (Å²) in [5.41, 5.74) is 1.35. The molecule has 1 N–H and O–H groups in total. The molecule has 2 aromatic carbocycles. The lowest BCUT2D eigenvalue weighted by Crippen LogP contribution is -2.14. The number of aryl methyl sites for hydroxylation is 1. The number of esters is 1. The van der Waals surface area contributed by atoms with Gasteiger partial charge >= 0.3 is 5.97 Å². The first kappa shape index (κ1) is 19.1. The van der Waals surface area contributed by atoms with Crippen molar-refractivity contribution in [1.82, 2.24) is 0 Å². The molecule has 2 rings (SSSR count). The number of ether oxygens (including phenoxy) is 1. The first-order valence-corrected chi connectivity index (χ1v) is 8.22. The van der Waals surface area contributed by atoms with E-state index in [4.69, 9.17) is 0 Å². The van der Waals surface area contributed by atoms with Crippen LogP contribution in [-0.4, -0.2) is 23.9 Å². The number of carbonyl (C=O) groups excluding carboxylic acids is 2. The molecule has 0 saturated carbocycles. The number of anilines is 1. The molecule has 7 heteroatoms. The maximum Gasteiger partial charge on any atom is 0.338 e. The zero-order valence-electron chi connectivity index (χ0n) is 14.7. The van der Waals surface area contributed by atoms with Gasteiger partial charge in [-0.15, -0.1) is 0 Å². The third kappa shape index (κ3) is 4.89. The van der Waals surface area contributed by atoms with E-state index in [-0.39, 0.29) is 16.8 Å². The minimum atomic E-state index is -0.747. The minimum absolute atomic E-state index is 0.00894. The van der Waals surface area contributed by atoms with E-state index >= 15 is 0 Å². The largest absolute Gasteiger partial charge is 0.465 e. The van der Waals surface area contributed by atoms with Crippen LogP contribution in [-0.2, 0) is 11.2 Å². The Labute approximate surface area is 151 Å². The monoisotopic (exact) mass is 356 g/mol. The molecule has 0 unspecified atom stereocenters. The van der Waals surface area contributed by atoms with Crippen molar-refractivity contribution in [2.45, 2.75) is 26.2 Å². The second-order valence-corrected chi connectivity index (χ2v) is 5.77. The molecular weight excluding hydrogens is 336 g/mol. The first-order valence-electron chi connectivity index (χ1n) is 8.22. The molecule has 2 aromatic rings. The predicted octanol–water partition coefficient (Wildman–Crippen LogP) is 3.98. The number of unbranched alkanes of at least 4 members (excludes halogenated alkanes) is 1. The molecule has 0 heterocycles. The number of carbonyl (C=O) groups is 2. The molecule has 0 atom stereocenters. The third-order valence-corrected chi connectivity index (χ3v) is 3.84. The molecule has 26 heavy (non-hydrogen) atoms. The summed E-state index contributed by atoms with van der Waals surface area (Å²) in [6.07, 6.45) is 3.17. The van der Waals surface area contributed by atoms with Crippen molar-refractivity contribution in [3.05, 3.63) is 69.3 Å². The molecule has 0 fully saturated rings. The number of nitrogens with zero attached hydrogens (tertiary/aromatic N) is 1. The molecule has 136 valence electrons. The topological polar surface area (TPSA) is 98.5 Å². The normalized spacial score (nSPS) is 10.2. The van der Waals surface area contributed by atoms with Crippen LogP contribution >= 0.6 is 0 Å². The van der Waals surface area contributed by atoms with Crippen molar-refractivity contribution in [3.8, 4) is 0 Å². The predicted molar refractivity (Wildman–Crippen MR) is 97.4 cm³/mol. The van der Waals surface area contributed by atoms with Gasteiger partial charge in [0.05, 0.1) is 17.6 Å². The van der Waals surface area contributed by atoms with Gasteiger partial charge in [-0.25, -0.2) is 4.79 Å². The number of nitro groups is 1. The van der Waals surface area contributed by atoms with E-state index in [1.165, 1.54) is 18.7 Å². The summed E-state index contributed by atoms with van der Waals surface area (Å²) in [5, 5.41) is 13.7. The van der Waals surface area contributed by atoms with Crippen molar-refractivity contribution >= 4 is 23.3 Å². The Morgan fingerprint density at radius 3 is 2.35 bits per heavy atom. The Hall–Kier alpha value is -3.22. The van der Waals surface area contributed by atoms with Gasteiger partial charge in [-0.1, -0.05) is 25.5 Å². The fourth-order valence-corrected chi connectivity index (χ4v) is 2.42. The average Bonchev–Trinajstić information content (AvgIpc) is 2.66. The number of hydrogen-bond acceptors (Lipinski definition) is 5. The molecule has 0 radical (unpaired) electrons. The minimum Gasteiger partial charge on any atom is -0.465 e. The molecule has 0 spiro atoms. The Morgan fingerprint density at radius 1 is 1.12 bits per heavy atom. The summed E-state index contributed by atoms with van der Waals surface area (Å²) < 4.78 is 4.58. The quantitative estimate of drug-likeness (QED) is 0.460. The van der Waals surface area contributed by atoms with Crippen molar-refractivity contribution in [2.24, 2.45) is 0 Å². The second-order valence-electron chi connectivity index (χ2n) is 5.77. The van der Waals surface area contributed by atoms with Gasteiger partial charge in [0.2, 0.25) is 0 Å². The van der Waals surface area contributed by atoms with Crippen molar-refractivity contribution in [2.75, 3.05) is 12.4 Å². The van der Waals surface area contributed by atoms with E-state index in [0.29, 0.717) is 5.69 Å². The van der Waals surface area contributed by atoms with Gasteiger partial charge in [-0.05, 0) is 36.6 Å². The van der Waals surface area contributed by atoms with Gasteiger partial charge in [-0.2, -0.15) is 0 Å². The van der Waals surface area contributed by atoms with Crippen LogP contribution in [0.3, 0.4) is 0 Å². The van der Waals surface area contributed by atoms with E-state index in [9.17, 15) is 19.7 Å². The smallest absolute Gasteiger partial charge is 0.338 e. The molecule has 0 saturated heterocycles. The fourth-order valence-electron chi connectivity index (χ4n) is 2.42. The molecular formula is C19H20N2O5. The van der Waals surface area contributed by atoms with Crippen LogP contribution < -0.4 is 5.32 Å². The molecule has 0 aromatic heterocycles. The first-order chi connectivity index (χ1) is 12.4. The summed E-state index contributed by atoms with van der Waals surface area (Å²) in [6, 6.07) is 10.9. The highest BCUT2D eigenvalue weighted by Gasteiger charge is 2.18. The molecule has 0 aliphatic rings. The maximum atomic E-state index is 12.4. The molecule has 0 aliphatic heterocycles. The van der Waals surface area contributed by atoms with E-state index in [1.807, 2.05) is 12.1 Å². The SMILES string of the molecule is CCCCc1ccc(NC(=O)c2cc(C(=O)OC)cc([N+](=O)[O-])c2)cc1. The Morgan fingerprint density at radius 2 is 1.77 bits per heavy atom. The van der Waals surface area contributed by atoms with E-state index < -0.39 is 16.8 Å². The van der Waals surface area contributed by atoms with Gasteiger partial charge in [-0.3, -0.25) is 14.9 Å². The molecule has 1 amide bonds. The van der Waals surface area contributed by atoms with Gasteiger partial charge < -0.3 is 10.1 Å². The number of nitrogens with one attached hydrogen (secondary N) is 1. The standard InChI is InChI=1S/C19H20N2O5/c1-3-4-5-13-6-8-16(9-7-13)20-18(22)14-10-15(19(23)26-2)12-17(11-14)21(24)25/h6-12H,3-5H2,1-2H3,(H,20,22). The molecule has 0 bridgehead atoms. The lowest BCUT2D eigenvalue weighted by Gasteiger charge is -2.08. The van der Waals surface area contributed by atoms with Gasteiger partial charge in [0.15, 0.2) is 0 Å². The molecule has 7 nitrogen and oxygen atoms in total. The Kier molecular flexibility index (Phi) is 6.43. The average molecular weight is 356 g/mol. The number of benzene rings is 2. The van der Waals surface area contributed by atoms with Crippen LogP contribution in [0.25, 0.3) is 0 Å². The highest BCUT2D eigenvalue weighted by molar-refractivity contribution is 6.06. The summed E-state index contributed by atoms with van der Waals surface area (Å²) in [5.74, 6) is -1.29. The lowest BCUT2D eigenvalue weighted by atomic mass is 10.1. The fraction of sp³-hybridized carbons (Fsp3) is 0.263. The Balaban J connectivity index is 2.21. The van der Waals surface area contributed by atoms with Crippen molar-refractivity contribution in [3.63, 3.8) is 0 Å². The number of nitro benzene ring substituents is 1. The summed E-state index contributed by atoms with van der Waals surface area (Å²) in [7, 11) is 1.17. The summed E-state index contributed by atoms with van der Waals surface area (Å²) in [6.45, 7) is 2.12. The highest BCUT2D eigenvalue weighted by atomic mass is 16.6. The summed E-state index contributed by atoms with van der Waals surface area (Å²) >= 11 is 0. The van der Waals surface area contributed by atoms with Crippen LogP contribution in [0.1, 0.15) is 46.0 Å². The third-order valence-electron chi connectivity index (χ3n) is 3.84. The Bertz CT molecular complexity index is 815. The highest BCUT2D eigenvalue weighted by Crippen LogP contribution is 2.20. The van der Waals surface area contributed by atoms with E-state index in [1.54, 1.807) is 12.1 Å². The van der Waals surface area contributed by atoms with Crippen LogP contribution in [0.5, 0.6) is 0 Å². The van der Waals surface area contributed by atoms with Crippen LogP contribution in [0.15, 0.2) is 42.5 Å². The van der Waals surface area contributed by atoms with Crippen LogP contribution in [0.4, 0.5) is 11.4 Å². The number of amides is 1. The van der Waals surface area contributed by atoms with E-state index in [2.05, 4.69) is 17.0 Å². The maximum absolute atomic E-state index is 12.4. The van der Waals surface area contributed by atoms with Gasteiger partial charge in [0.25, 0.3) is 11.6 Å². The zero-order chi connectivity index (χ0) is 19.1. The zero-order valence-corrected chi connectivity index (χ0v) is 14.7. The van der Waals surface area contributed by atoms with Gasteiger partial charge in [0.1, 0.15) is 0 Å². The molecule has 0 aliphatic carbocycles. The number of non-ortho nitro benzene ring substituents is 1. The van der Waals surface area contributed by atoms with Crippen molar-refractivity contribution in [1.29, 1.82) is 0 Å². The second kappa shape index (κ2) is 8.75. The number of hydrogen-bond donors (Lipinski definition) is 1. The van der Waals surface area contributed by atoms with Crippen LogP contribution in [0.2, 0.25) is 0 Å². The number of methoxy groups -OCH3 is 1. The number of rotatable bonds is 7. The van der Waals surface area contributed by atoms with Crippen molar-refractivity contribution < 1.29 is 19.2 Å². The summed E-state index contributed by atoms with van der Waals surface area (Å²) in [4.78, 5) is 34.5. The van der Waals surface area contributed by atoms with E-state index in [0.717, 1.165) is 31.4 Å². The van der Waals surface area contributed by atoms with Gasteiger partial charge in [0, 0.05) is 23.4 Å².